The van der Waals surface area contributed by atoms with Crippen LogP contribution in [-0.2, 0) is 9.59 Å². The summed E-state index contributed by atoms with van der Waals surface area (Å²) in [5, 5.41) is 10.1. The van der Waals surface area contributed by atoms with Crippen LogP contribution in [0.5, 0.6) is 0 Å². The second kappa shape index (κ2) is 5.72. The monoisotopic (exact) mass is 241 g/mol. The molecule has 0 aliphatic carbocycles. The number of halogens is 3. The number of amides is 1. The smallest absolute Gasteiger partial charge is 0.471 e. The van der Waals surface area contributed by atoms with Crippen LogP contribution < -0.4 is 5.32 Å². The number of carbonyl (C=O) groups is 2. The molecule has 7 heteroatoms. The molecule has 16 heavy (non-hydrogen) atoms. The van der Waals surface area contributed by atoms with Gasteiger partial charge in [0.05, 0.1) is 0 Å². The molecule has 0 fully saturated rings. The summed E-state index contributed by atoms with van der Waals surface area (Å²) in [6.45, 7) is 3.62. The molecule has 0 saturated heterocycles. The highest BCUT2D eigenvalue weighted by Crippen LogP contribution is 2.15. The molecule has 2 N–H and O–H groups in total. The molecule has 0 radical (unpaired) electrons. The van der Waals surface area contributed by atoms with E-state index in [0.29, 0.717) is 6.42 Å². The van der Waals surface area contributed by atoms with Gasteiger partial charge in [0, 0.05) is 0 Å². The van der Waals surface area contributed by atoms with Crippen molar-refractivity contribution in [3.05, 3.63) is 0 Å². The van der Waals surface area contributed by atoms with Gasteiger partial charge in [-0.3, -0.25) is 4.79 Å². The number of alkyl halides is 3. The summed E-state index contributed by atoms with van der Waals surface area (Å²) in [5.74, 6) is -3.52. The highest BCUT2D eigenvalue weighted by molar-refractivity contribution is 5.86. The van der Waals surface area contributed by atoms with E-state index in [1.54, 1.807) is 0 Å². The fraction of sp³-hybridized carbons (Fsp3) is 0.778. The summed E-state index contributed by atoms with van der Waals surface area (Å²) >= 11 is 0. The first kappa shape index (κ1) is 14.7. The van der Waals surface area contributed by atoms with E-state index in [4.69, 9.17) is 5.11 Å². The van der Waals surface area contributed by atoms with Gasteiger partial charge in [-0.05, 0) is 18.8 Å². The molecule has 0 aromatic heterocycles. The Hall–Kier alpha value is -1.27. The first-order valence-corrected chi connectivity index (χ1v) is 4.75. The standard InChI is InChI=1S/C9H14F3NO3/c1-5(2)3-4-6(7(14)15)13-8(16)9(10,11)12/h5-6H,3-4H2,1-2H3,(H,13,16)(H,14,15). The van der Waals surface area contributed by atoms with E-state index in [-0.39, 0.29) is 12.3 Å². The summed E-state index contributed by atoms with van der Waals surface area (Å²) < 4.78 is 35.6. The first-order chi connectivity index (χ1) is 7.14. The number of nitrogens with one attached hydrogen (secondary N) is 1. The van der Waals surface area contributed by atoms with E-state index in [1.807, 2.05) is 13.8 Å². The van der Waals surface area contributed by atoms with Gasteiger partial charge in [0.25, 0.3) is 0 Å². The highest BCUT2D eigenvalue weighted by atomic mass is 19.4. The topological polar surface area (TPSA) is 66.4 Å². The van der Waals surface area contributed by atoms with E-state index in [0.717, 1.165) is 0 Å². The SMILES string of the molecule is CC(C)CCC(NC(=O)C(F)(F)F)C(=O)O. The molecule has 0 saturated carbocycles. The van der Waals surface area contributed by atoms with Crippen LogP contribution in [0.2, 0.25) is 0 Å². The highest BCUT2D eigenvalue weighted by Gasteiger charge is 2.40. The molecule has 0 rings (SSSR count). The van der Waals surface area contributed by atoms with Gasteiger partial charge in [-0.25, -0.2) is 4.79 Å². The lowest BCUT2D eigenvalue weighted by atomic mass is 10.0. The molecule has 0 spiro atoms. The average molecular weight is 241 g/mol. The van der Waals surface area contributed by atoms with Gasteiger partial charge in [-0.15, -0.1) is 0 Å². The predicted molar refractivity (Wildman–Crippen MR) is 49.7 cm³/mol. The Labute approximate surface area is 90.8 Å². The molecule has 1 amide bonds. The van der Waals surface area contributed by atoms with E-state index in [9.17, 15) is 22.8 Å². The Morgan fingerprint density at radius 2 is 1.75 bits per heavy atom. The number of carbonyl (C=O) groups excluding carboxylic acids is 1. The number of carboxylic acids is 1. The zero-order valence-corrected chi connectivity index (χ0v) is 8.97. The van der Waals surface area contributed by atoms with Crippen LogP contribution in [0.3, 0.4) is 0 Å². The van der Waals surface area contributed by atoms with Crippen molar-refractivity contribution in [3.8, 4) is 0 Å². The van der Waals surface area contributed by atoms with Crippen molar-refractivity contribution in [2.24, 2.45) is 5.92 Å². The summed E-state index contributed by atoms with van der Waals surface area (Å²) in [5.41, 5.74) is 0. The molecule has 0 heterocycles. The fourth-order valence-electron chi connectivity index (χ4n) is 0.997. The van der Waals surface area contributed by atoms with Crippen LogP contribution in [0.25, 0.3) is 0 Å². The third-order valence-corrected chi connectivity index (χ3v) is 1.89. The molecule has 1 unspecified atom stereocenters. The number of hydrogen-bond acceptors (Lipinski definition) is 2. The van der Waals surface area contributed by atoms with Crippen LogP contribution in [0, 0.1) is 5.92 Å². The second-order valence-corrected chi connectivity index (χ2v) is 3.83. The molecule has 0 aliphatic heterocycles. The Morgan fingerprint density at radius 1 is 1.25 bits per heavy atom. The minimum absolute atomic E-state index is 0.0190. The van der Waals surface area contributed by atoms with Gasteiger partial charge in [-0.2, -0.15) is 13.2 Å². The molecular weight excluding hydrogens is 227 g/mol. The van der Waals surface area contributed by atoms with Gasteiger partial charge in [0.15, 0.2) is 0 Å². The zero-order valence-electron chi connectivity index (χ0n) is 8.97. The Balaban J connectivity index is 4.35. The molecule has 4 nitrogen and oxygen atoms in total. The van der Waals surface area contributed by atoms with Crippen LogP contribution in [0.4, 0.5) is 13.2 Å². The van der Waals surface area contributed by atoms with Crippen molar-refractivity contribution in [2.75, 3.05) is 0 Å². The lowest BCUT2D eigenvalue weighted by Crippen LogP contribution is -2.46. The lowest BCUT2D eigenvalue weighted by Gasteiger charge is -2.16. The molecule has 0 aromatic carbocycles. The second-order valence-electron chi connectivity index (χ2n) is 3.83. The minimum Gasteiger partial charge on any atom is -0.480 e. The Morgan fingerprint density at radius 3 is 2.06 bits per heavy atom. The minimum atomic E-state index is -5.05. The van der Waals surface area contributed by atoms with Crippen molar-refractivity contribution in [3.63, 3.8) is 0 Å². The van der Waals surface area contributed by atoms with Crippen molar-refractivity contribution in [1.82, 2.24) is 5.32 Å². The number of aliphatic carboxylic acids is 1. The summed E-state index contributed by atoms with van der Waals surface area (Å²) in [6.07, 6.45) is -4.64. The van der Waals surface area contributed by atoms with E-state index >= 15 is 0 Å². The van der Waals surface area contributed by atoms with E-state index < -0.39 is 24.1 Å². The quantitative estimate of drug-likeness (QED) is 0.767. The average Bonchev–Trinajstić information content (AvgIpc) is 2.09. The van der Waals surface area contributed by atoms with Crippen molar-refractivity contribution in [1.29, 1.82) is 0 Å². The van der Waals surface area contributed by atoms with Crippen molar-refractivity contribution in [2.45, 2.75) is 38.9 Å². The fourth-order valence-corrected chi connectivity index (χ4v) is 0.997. The molecular formula is C9H14F3NO3. The van der Waals surface area contributed by atoms with Gasteiger partial charge in [0.1, 0.15) is 6.04 Å². The van der Waals surface area contributed by atoms with Crippen molar-refractivity contribution < 1.29 is 27.9 Å². The van der Waals surface area contributed by atoms with Gasteiger partial charge < -0.3 is 10.4 Å². The largest absolute Gasteiger partial charge is 0.480 e. The number of hydrogen-bond donors (Lipinski definition) is 2. The molecule has 0 aliphatic rings. The van der Waals surface area contributed by atoms with E-state index in [1.165, 1.54) is 5.32 Å². The van der Waals surface area contributed by atoms with Gasteiger partial charge in [-0.1, -0.05) is 13.8 Å². The maximum Gasteiger partial charge on any atom is 0.471 e. The van der Waals surface area contributed by atoms with Crippen LogP contribution in [0.1, 0.15) is 26.7 Å². The Bertz CT molecular complexity index is 263. The Kier molecular flexibility index (Phi) is 5.26. The third kappa shape index (κ3) is 5.57. The summed E-state index contributed by atoms with van der Waals surface area (Å²) in [6, 6.07) is -1.49. The maximum atomic E-state index is 11.9. The zero-order chi connectivity index (χ0) is 12.9. The lowest BCUT2D eigenvalue weighted by molar-refractivity contribution is -0.175. The van der Waals surface area contributed by atoms with Gasteiger partial charge in [0.2, 0.25) is 0 Å². The number of carboxylic acid groups (broad SMARTS) is 1. The third-order valence-electron chi connectivity index (χ3n) is 1.89. The molecule has 1 atom stereocenters. The predicted octanol–water partition coefficient (Wildman–Crippen LogP) is 1.55. The molecule has 0 aromatic rings. The van der Waals surface area contributed by atoms with Crippen LogP contribution in [0.15, 0.2) is 0 Å². The first-order valence-electron chi connectivity index (χ1n) is 4.75. The van der Waals surface area contributed by atoms with Gasteiger partial charge >= 0.3 is 18.1 Å². The molecule has 94 valence electrons. The van der Waals surface area contributed by atoms with Crippen LogP contribution >= 0.6 is 0 Å². The number of rotatable bonds is 5. The van der Waals surface area contributed by atoms with E-state index in [2.05, 4.69) is 0 Å². The normalized spacial score (nSPS) is 13.6. The summed E-state index contributed by atoms with van der Waals surface area (Å²) in [7, 11) is 0. The summed E-state index contributed by atoms with van der Waals surface area (Å²) in [4.78, 5) is 21.1. The van der Waals surface area contributed by atoms with Crippen molar-refractivity contribution >= 4 is 11.9 Å². The molecule has 0 bridgehead atoms. The maximum absolute atomic E-state index is 11.9. The van der Waals surface area contributed by atoms with Crippen LogP contribution in [-0.4, -0.2) is 29.2 Å².